The monoisotopic (exact) mass is 302 g/mol. The molecule has 3 heteroatoms. The third kappa shape index (κ3) is 2.60. The summed E-state index contributed by atoms with van der Waals surface area (Å²) in [7, 11) is 0. The van der Waals surface area contributed by atoms with E-state index in [0.717, 1.165) is 27.8 Å². The van der Waals surface area contributed by atoms with Crippen LogP contribution in [0.25, 0.3) is 10.8 Å². The van der Waals surface area contributed by atoms with Gasteiger partial charge in [0.15, 0.2) is 0 Å². The minimum absolute atomic E-state index is 0.362. The molecule has 3 aromatic carbocycles. The Hall–Kier alpha value is -1.70. The van der Waals surface area contributed by atoms with E-state index >= 15 is 0 Å². The van der Waals surface area contributed by atoms with E-state index in [1.165, 1.54) is 0 Å². The van der Waals surface area contributed by atoms with Crippen molar-refractivity contribution in [2.45, 2.75) is 5.88 Å². The number of fused-ring (bicyclic) bond motifs is 1. The van der Waals surface area contributed by atoms with Gasteiger partial charge in [-0.25, -0.2) is 0 Å². The van der Waals surface area contributed by atoms with E-state index in [4.69, 9.17) is 27.9 Å². The molecule has 0 heterocycles. The topological polar surface area (TPSA) is 9.23 Å². The minimum atomic E-state index is 0.362. The summed E-state index contributed by atoms with van der Waals surface area (Å²) in [5, 5.41) is 2.88. The molecule has 100 valence electrons. The second kappa shape index (κ2) is 5.74. The van der Waals surface area contributed by atoms with Crippen LogP contribution in [0, 0.1) is 0 Å². The first-order valence-electron chi connectivity index (χ1n) is 6.28. The summed E-state index contributed by atoms with van der Waals surface area (Å²) >= 11 is 11.9. The summed E-state index contributed by atoms with van der Waals surface area (Å²) in [4.78, 5) is 0. The maximum absolute atomic E-state index is 6.03. The summed E-state index contributed by atoms with van der Waals surface area (Å²) in [6, 6.07) is 19.6. The van der Waals surface area contributed by atoms with Gasteiger partial charge in [-0.1, -0.05) is 48.0 Å². The van der Waals surface area contributed by atoms with Gasteiger partial charge in [0.25, 0.3) is 0 Å². The highest BCUT2D eigenvalue weighted by Gasteiger charge is 2.07. The highest BCUT2D eigenvalue weighted by Crippen LogP contribution is 2.33. The Morgan fingerprint density at radius 1 is 0.850 bits per heavy atom. The minimum Gasteiger partial charge on any atom is -0.456 e. The second-order valence-electron chi connectivity index (χ2n) is 4.47. The van der Waals surface area contributed by atoms with Crippen molar-refractivity contribution in [3.8, 4) is 11.5 Å². The lowest BCUT2D eigenvalue weighted by atomic mass is 10.1. The highest BCUT2D eigenvalue weighted by atomic mass is 35.5. The molecular formula is C17H12Cl2O. The zero-order valence-corrected chi connectivity index (χ0v) is 12.2. The summed E-state index contributed by atoms with van der Waals surface area (Å²) in [6.45, 7) is 0. The molecule has 0 bridgehead atoms. The van der Waals surface area contributed by atoms with Gasteiger partial charge < -0.3 is 4.74 Å². The molecule has 1 nitrogen and oxygen atoms in total. The first-order valence-corrected chi connectivity index (χ1v) is 7.19. The number of rotatable bonds is 3. The average molecular weight is 303 g/mol. The summed E-state index contributed by atoms with van der Waals surface area (Å²) in [5.74, 6) is 1.92. The molecule has 0 unspecified atom stereocenters. The van der Waals surface area contributed by atoms with Gasteiger partial charge in [0, 0.05) is 16.0 Å². The zero-order chi connectivity index (χ0) is 13.9. The summed E-state index contributed by atoms with van der Waals surface area (Å²) in [5.41, 5.74) is 0.882. The number of alkyl halides is 1. The van der Waals surface area contributed by atoms with E-state index in [1.807, 2.05) is 42.5 Å². The maximum atomic E-state index is 6.03. The molecule has 0 spiro atoms. The van der Waals surface area contributed by atoms with E-state index in [-0.39, 0.29) is 0 Å². The Kier molecular flexibility index (Phi) is 3.81. The Labute approximate surface area is 127 Å². The fraction of sp³-hybridized carbons (Fsp3) is 0.0588. The summed E-state index contributed by atoms with van der Waals surface area (Å²) < 4.78 is 6.03. The van der Waals surface area contributed by atoms with Crippen LogP contribution in [-0.4, -0.2) is 0 Å². The fourth-order valence-electron chi connectivity index (χ4n) is 2.16. The third-order valence-corrected chi connectivity index (χ3v) is 3.66. The first-order chi connectivity index (χ1) is 9.78. The van der Waals surface area contributed by atoms with Crippen LogP contribution in [0.4, 0.5) is 0 Å². The normalized spacial score (nSPS) is 10.7. The van der Waals surface area contributed by atoms with Gasteiger partial charge in [-0.05, 0) is 29.7 Å². The van der Waals surface area contributed by atoms with Crippen molar-refractivity contribution in [1.29, 1.82) is 0 Å². The molecule has 0 aliphatic heterocycles. The quantitative estimate of drug-likeness (QED) is 0.537. The fourth-order valence-corrected chi connectivity index (χ4v) is 2.56. The highest BCUT2D eigenvalue weighted by molar-refractivity contribution is 6.30. The Morgan fingerprint density at radius 2 is 1.65 bits per heavy atom. The van der Waals surface area contributed by atoms with Crippen molar-refractivity contribution in [3.63, 3.8) is 0 Å². The van der Waals surface area contributed by atoms with E-state index in [9.17, 15) is 0 Å². The van der Waals surface area contributed by atoms with Gasteiger partial charge in [0.1, 0.15) is 11.5 Å². The van der Waals surface area contributed by atoms with Crippen LogP contribution in [0.2, 0.25) is 5.02 Å². The molecule has 0 saturated heterocycles. The van der Waals surface area contributed by atoms with Crippen molar-refractivity contribution in [1.82, 2.24) is 0 Å². The van der Waals surface area contributed by atoms with Gasteiger partial charge >= 0.3 is 0 Å². The number of hydrogen-bond acceptors (Lipinski definition) is 1. The summed E-state index contributed by atoms with van der Waals surface area (Å²) in [6.07, 6.45) is 0. The van der Waals surface area contributed by atoms with Crippen molar-refractivity contribution in [2.24, 2.45) is 0 Å². The maximum Gasteiger partial charge on any atom is 0.135 e. The first kappa shape index (κ1) is 13.3. The predicted molar refractivity (Wildman–Crippen MR) is 85.0 cm³/mol. The van der Waals surface area contributed by atoms with Crippen molar-refractivity contribution < 1.29 is 4.74 Å². The Balaban J connectivity index is 2.05. The molecule has 0 amide bonds. The van der Waals surface area contributed by atoms with Crippen molar-refractivity contribution >= 4 is 34.0 Å². The van der Waals surface area contributed by atoms with Gasteiger partial charge in [-0.15, -0.1) is 11.6 Å². The number of hydrogen-bond donors (Lipinski definition) is 0. The van der Waals surface area contributed by atoms with Crippen molar-refractivity contribution in [2.75, 3.05) is 0 Å². The molecule has 0 N–H and O–H groups in total. The third-order valence-electron chi connectivity index (χ3n) is 3.14. The van der Waals surface area contributed by atoms with E-state index in [0.29, 0.717) is 10.9 Å². The van der Waals surface area contributed by atoms with Crippen LogP contribution in [0.1, 0.15) is 5.56 Å². The molecule has 20 heavy (non-hydrogen) atoms. The van der Waals surface area contributed by atoms with Crippen LogP contribution < -0.4 is 4.74 Å². The largest absolute Gasteiger partial charge is 0.456 e. The van der Waals surface area contributed by atoms with Gasteiger partial charge in [0.05, 0.1) is 5.88 Å². The molecule has 3 aromatic rings. The molecule has 0 aliphatic carbocycles. The lowest BCUT2D eigenvalue weighted by Gasteiger charge is -2.12. The molecule has 0 saturated carbocycles. The van der Waals surface area contributed by atoms with Crippen LogP contribution in [0.5, 0.6) is 11.5 Å². The molecule has 0 aromatic heterocycles. The SMILES string of the molecule is ClCc1cc(Cl)ccc1Oc1cccc2ccccc12. The molecule has 0 fully saturated rings. The van der Waals surface area contributed by atoms with Crippen LogP contribution >= 0.6 is 23.2 Å². The smallest absolute Gasteiger partial charge is 0.135 e. The predicted octanol–water partition coefficient (Wildman–Crippen LogP) is 6.02. The van der Waals surface area contributed by atoms with E-state index < -0.39 is 0 Å². The number of ether oxygens (including phenoxy) is 1. The molecule has 0 aliphatic rings. The number of halogens is 2. The average Bonchev–Trinajstić information content (AvgIpc) is 2.49. The standard InChI is InChI=1S/C17H12Cl2O/c18-11-13-10-14(19)8-9-16(13)20-17-7-3-5-12-4-1-2-6-15(12)17/h1-10H,11H2. The van der Waals surface area contributed by atoms with Crippen molar-refractivity contribution in [3.05, 3.63) is 71.2 Å². The van der Waals surface area contributed by atoms with Gasteiger partial charge in [-0.3, -0.25) is 0 Å². The second-order valence-corrected chi connectivity index (χ2v) is 5.17. The van der Waals surface area contributed by atoms with Crippen LogP contribution in [0.3, 0.4) is 0 Å². The molecule has 0 atom stereocenters. The lowest BCUT2D eigenvalue weighted by molar-refractivity contribution is 0.484. The van der Waals surface area contributed by atoms with Crippen LogP contribution in [-0.2, 0) is 5.88 Å². The zero-order valence-electron chi connectivity index (χ0n) is 10.6. The van der Waals surface area contributed by atoms with Gasteiger partial charge in [0.2, 0.25) is 0 Å². The Morgan fingerprint density at radius 3 is 2.50 bits per heavy atom. The van der Waals surface area contributed by atoms with E-state index in [2.05, 4.69) is 12.1 Å². The van der Waals surface area contributed by atoms with Gasteiger partial charge in [-0.2, -0.15) is 0 Å². The number of benzene rings is 3. The van der Waals surface area contributed by atoms with E-state index in [1.54, 1.807) is 6.07 Å². The Bertz CT molecular complexity index is 748. The molecule has 0 radical (unpaired) electrons. The molecule has 3 rings (SSSR count). The lowest BCUT2D eigenvalue weighted by Crippen LogP contribution is -1.90. The van der Waals surface area contributed by atoms with Crippen LogP contribution in [0.15, 0.2) is 60.7 Å². The molecular weight excluding hydrogens is 291 g/mol.